The van der Waals surface area contributed by atoms with Gasteiger partial charge < -0.3 is 5.73 Å². The van der Waals surface area contributed by atoms with Gasteiger partial charge in [0.05, 0.1) is 5.69 Å². The molecule has 1 aliphatic heterocycles. The SMILES string of the molecule is NC1=C(Cl)C(=O)N(c2ccccc2)C1=O. The van der Waals surface area contributed by atoms with E-state index in [9.17, 15) is 9.59 Å². The van der Waals surface area contributed by atoms with E-state index < -0.39 is 11.8 Å². The molecule has 0 atom stereocenters. The van der Waals surface area contributed by atoms with Crippen molar-refractivity contribution in [2.24, 2.45) is 5.73 Å². The van der Waals surface area contributed by atoms with Crippen LogP contribution < -0.4 is 10.6 Å². The lowest BCUT2D eigenvalue weighted by Gasteiger charge is -2.13. The molecule has 1 aliphatic rings. The van der Waals surface area contributed by atoms with E-state index in [1.807, 2.05) is 0 Å². The van der Waals surface area contributed by atoms with Crippen LogP contribution in [0.5, 0.6) is 0 Å². The summed E-state index contributed by atoms with van der Waals surface area (Å²) in [5.41, 5.74) is 5.64. The van der Waals surface area contributed by atoms with E-state index >= 15 is 0 Å². The molecule has 0 saturated heterocycles. The Bertz CT molecular complexity index is 444. The van der Waals surface area contributed by atoms with Crippen molar-refractivity contribution in [3.05, 3.63) is 41.1 Å². The minimum Gasteiger partial charge on any atom is -0.393 e. The van der Waals surface area contributed by atoms with Crippen molar-refractivity contribution in [2.75, 3.05) is 4.90 Å². The Morgan fingerprint density at radius 3 is 2.13 bits per heavy atom. The molecule has 0 unspecified atom stereocenters. The van der Waals surface area contributed by atoms with Crippen LogP contribution in [-0.4, -0.2) is 11.8 Å². The number of rotatable bonds is 1. The Morgan fingerprint density at radius 1 is 1.07 bits per heavy atom. The van der Waals surface area contributed by atoms with E-state index in [1.54, 1.807) is 30.3 Å². The molecule has 1 aromatic rings. The molecule has 0 radical (unpaired) electrons. The van der Waals surface area contributed by atoms with Crippen LogP contribution in [-0.2, 0) is 9.59 Å². The number of benzene rings is 1. The number of hydrogen-bond acceptors (Lipinski definition) is 3. The lowest BCUT2D eigenvalue weighted by atomic mass is 10.3. The summed E-state index contributed by atoms with van der Waals surface area (Å²) in [6.45, 7) is 0. The zero-order valence-electron chi connectivity index (χ0n) is 7.61. The number of imide groups is 1. The maximum Gasteiger partial charge on any atom is 0.282 e. The molecule has 1 heterocycles. The third kappa shape index (κ3) is 1.39. The van der Waals surface area contributed by atoms with E-state index in [0.29, 0.717) is 5.69 Å². The van der Waals surface area contributed by atoms with Gasteiger partial charge in [0.15, 0.2) is 0 Å². The monoisotopic (exact) mass is 222 g/mol. The summed E-state index contributed by atoms with van der Waals surface area (Å²) in [6, 6.07) is 8.50. The Labute approximate surface area is 90.9 Å². The van der Waals surface area contributed by atoms with Gasteiger partial charge in [0.2, 0.25) is 0 Å². The predicted octanol–water partition coefficient (Wildman–Crippen LogP) is 0.969. The van der Waals surface area contributed by atoms with Gasteiger partial charge >= 0.3 is 0 Å². The highest BCUT2D eigenvalue weighted by Crippen LogP contribution is 2.26. The van der Waals surface area contributed by atoms with Crippen LogP contribution in [0.2, 0.25) is 0 Å². The largest absolute Gasteiger partial charge is 0.393 e. The first-order valence-electron chi connectivity index (χ1n) is 4.22. The summed E-state index contributed by atoms with van der Waals surface area (Å²) in [4.78, 5) is 24.1. The van der Waals surface area contributed by atoms with Gasteiger partial charge in [-0.2, -0.15) is 0 Å². The standard InChI is InChI=1S/C10H7ClN2O2/c11-7-8(12)10(15)13(9(7)14)6-4-2-1-3-5-6/h1-5H,12H2. The molecule has 2 amide bonds. The first kappa shape index (κ1) is 9.73. The van der Waals surface area contributed by atoms with Crippen molar-refractivity contribution < 1.29 is 9.59 Å². The van der Waals surface area contributed by atoms with Crippen molar-refractivity contribution >= 4 is 29.1 Å². The maximum atomic E-state index is 11.6. The molecule has 76 valence electrons. The van der Waals surface area contributed by atoms with E-state index in [1.165, 1.54) is 0 Å². The molecule has 2 rings (SSSR count). The number of hydrogen-bond donors (Lipinski definition) is 1. The van der Waals surface area contributed by atoms with Crippen LogP contribution >= 0.6 is 11.6 Å². The number of nitrogens with two attached hydrogens (primary N) is 1. The maximum absolute atomic E-state index is 11.6. The summed E-state index contributed by atoms with van der Waals surface area (Å²) in [5.74, 6) is -1.15. The molecule has 4 nitrogen and oxygen atoms in total. The minimum atomic E-state index is -0.578. The highest BCUT2D eigenvalue weighted by molar-refractivity contribution is 6.52. The van der Waals surface area contributed by atoms with Gasteiger partial charge in [-0.3, -0.25) is 9.59 Å². The smallest absolute Gasteiger partial charge is 0.282 e. The molecule has 0 aliphatic carbocycles. The second-order valence-electron chi connectivity index (χ2n) is 3.01. The average Bonchev–Trinajstić information content (AvgIpc) is 2.45. The first-order valence-corrected chi connectivity index (χ1v) is 4.60. The second kappa shape index (κ2) is 3.40. The van der Waals surface area contributed by atoms with Crippen LogP contribution in [0.1, 0.15) is 0 Å². The van der Waals surface area contributed by atoms with E-state index in [0.717, 1.165) is 4.90 Å². The van der Waals surface area contributed by atoms with E-state index in [2.05, 4.69) is 0 Å². The molecule has 2 N–H and O–H groups in total. The Hall–Kier alpha value is -1.81. The summed E-state index contributed by atoms with van der Waals surface area (Å²) < 4.78 is 0. The van der Waals surface area contributed by atoms with E-state index in [4.69, 9.17) is 17.3 Å². The van der Waals surface area contributed by atoms with Gasteiger partial charge in [0.1, 0.15) is 10.7 Å². The van der Waals surface area contributed by atoms with Crippen molar-refractivity contribution in [2.45, 2.75) is 0 Å². The van der Waals surface area contributed by atoms with Crippen LogP contribution in [0, 0.1) is 0 Å². The number of para-hydroxylation sites is 1. The van der Waals surface area contributed by atoms with Crippen LogP contribution in [0.25, 0.3) is 0 Å². The molecule has 0 fully saturated rings. The quantitative estimate of drug-likeness (QED) is 0.721. The van der Waals surface area contributed by atoms with Crippen LogP contribution in [0.15, 0.2) is 41.1 Å². The number of nitrogens with zero attached hydrogens (tertiary/aromatic N) is 1. The average molecular weight is 223 g/mol. The molecule has 0 bridgehead atoms. The predicted molar refractivity (Wildman–Crippen MR) is 56.0 cm³/mol. The van der Waals surface area contributed by atoms with Crippen molar-refractivity contribution in [3.63, 3.8) is 0 Å². The van der Waals surface area contributed by atoms with Crippen LogP contribution in [0.4, 0.5) is 5.69 Å². The molecule has 0 saturated carbocycles. The third-order valence-electron chi connectivity index (χ3n) is 2.08. The second-order valence-corrected chi connectivity index (χ2v) is 3.39. The van der Waals surface area contributed by atoms with Gasteiger partial charge in [-0.1, -0.05) is 29.8 Å². The molecular formula is C10H7ClN2O2. The van der Waals surface area contributed by atoms with Gasteiger partial charge in [-0.25, -0.2) is 4.90 Å². The zero-order chi connectivity index (χ0) is 11.0. The van der Waals surface area contributed by atoms with Crippen molar-refractivity contribution in [1.82, 2.24) is 0 Å². The molecule has 15 heavy (non-hydrogen) atoms. The van der Waals surface area contributed by atoms with Gasteiger partial charge in [0, 0.05) is 0 Å². The lowest BCUT2D eigenvalue weighted by Crippen LogP contribution is -2.32. The molecule has 0 aromatic heterocycles. The highest BCUT2D eigenvalue weighted by atomic mass is 35.5. The highest BCUT2D eigenvalue weighted by Gasteiger charge is 2.36. The number of carbonyl (C=O) groups is 2. The number of carbonyl (C=O) groups excluding carboxylic acids is 2. The third-order valence-corrected chi connectivity index (χ3v) is 2.44. The number of anilines is 1. The lowest BCUT2D eigenvalue weighted by molar-refractivity contribution is -0.120. The van der Waals surface area contributed by atoms with Crippen molar-refractivity contribution in [1.29, 1.82) is 0 Å². The molecule has 1 aromatic carbocycles. The molecular weight excluding hydrogens is 216 g/mol. The van der Waals surface area contributed by atoms with Crippen molar-refractivity contribution in [3.8, 4) is 0 Å². The summed E-state index contributed by atoms with van der Waals surface area (Å²) >= 11 is 5.60. The summed E-state index contributed by atoms with van der Waals surface area (Å²) in [5, 5.41) is -0.219. The fraction of sp³-hybridized carbons (Fsp3) is 0. The minimum absolute atomic E-state index is 0.203. The van der Waals surface area contributed by atoms with Gasteiger partial charge in [0.25, 0.3) is 11.8 Å². The topological polar surface area (TPSA) is 63.4 Å². The first-order chi connectivity index (χ1) is 7.13. The number of amides is 2. The number of halogens is 1. The van der Waals surface area contributed by atoms with Gasteiger partial charge in [-0.05, 0) is 12.1 Å². The normalized spacial score (nSPS) is 16.5. The zero-order valence-corrected chi connectivity index (χ0v) is 8.36. The fourth-order valence-electron chi connectivity index (χ4n) is 1.33. The molecule has 5 heteroatoms. The Kier molecular flexibility index (Phi) is 2.21. The Morgan fingerprint density at radius 2 is 1.67 bits per heavy atom. The molecule has 0 spiro atoms. The van der Waals surface area contributed by atoms with Crippen LogP contribution in [0.3, 0.4) is 0 Å². The fourth-order valence-corrected chi connectivity index (χ4v) is 1.50. The van der Waals surface area contributed by atoms with Gasteiger partial charge in [-0.15, -0.1) is 0 Å². The summed E-state index contributed by atoms with van der Waals surface area (Å²) in [6.07, 6.45) is 0. The van der Waals surface area contributed by atoms with E-state index in [-0.39, 0.29) is 10.7 Å². The Balaban J connectivity index is 2.44. The summed E-state index contributed by atoms with van der Waals surface area (Å²) in [7, 11) is 0.